The van der Waals surface area contributed by atoms with Gasteiger partial charge in [0.15, 0.2) is 0 Å². The van der Waals surface area contributed by atoms with Crippen LogP contribution >= 0.6 is 0 Å². The first-order valence-electron chi connectivity index (χ1n) is 5.62. The van der Waals surface area contributed by atoms with E-state index in [0.29, 0.717) is 11.5 Å². The van der Waals surface area contributed by atoms with Crippen LogP contribution in [0.15, 0.2) is 28.6 Å². The number of allylic oxidation sites excluding steroid dienone is 3. The predicted octanol–water partition coefficient (Wildman–Crippen LogP) is 1.78. The van der Waals surface area contributed by atoms with Gasteiger partial charge in [-0.25, -0.2) is 4.98 Å². The molecule has 0 radical (unpaired) electrons. The molecule has 1 atom stereocenters. The largest absolute Gasteiger partial charge is 0.324 e. The normalized spacial score (nSPS) is 14.9. The van der Waals surface area contributed by atoms with Crippen molar-refractivity contribution in [3.63, 3.8) is 0 Å². The van der Waals surface area contributed by atoms with Gasteiger partial charge in [0.05, 0.1) is 0 Å². The summed E-state index contributed by atoms with van der Waals surface area (Å²) < 4.78 is 0. The smallest absolute Gasteiger partial charge is 0.251 e. The molecule has 4 nitrogen and oxygen atoms in total. The van der Waals surface area contributed by atoms with Gasteiger partial charge in [-0.3, -0.25) is 4.79 Å². The Labute approximate surface area is 101 Å². The van der Waals surface area contributed by atoms with Crippen LogP contribution in [0, 0.1) is 6.92 Å². The molecule has 0 saturated carbocycles. The number of rotatable bonds is 3. The molecule has 0 saturated heterocycles. The van der Waals surface area contributed by atoms with Crippen molar-refractivity contribution >= 4 is 5.57 Å². The third-order valence-electron chi connectivity index (χ3n) is 2.47. The molecular weight excluding hydrogens is 214 g/mol. The van der Waals surface area contributed by atoms with Crippen molar-refractivity contribution in [1.82, 2.24) is 9.97 Å². The van der Waals surface area contributed by atoms with Crippen molar-refractivity contribution in [3.05, 3.63) is 45.7 Å². The summed E-state index contributed by atoms with van der Waals surface area (Å²) in [4.78, 5) is 18.4. The Morgan fingerprint density at radius 2 is 2.24 bits per heavy atom. The van der Waals surface area contributed by atoms with E-state index in [2.05, 4.69) is 9.97 Å². The third-order valence-corrected chi connectivity index (χ3v) is 2.47. The SMILES string of the molecule is C/C=C(C)\C=C(/c1nc(C)cc(=O)[nH]1)C(C)N. The number of hydrogen-bond donors (Lipinski definition) is 2. The number of aromatic nitrogens is 2. The average Bonchev–Trinajstić information content (AvgIpc) is 2.23. The number of aromatic amines is 1. The molecule has 1 rings (SSSR count). The second kappa shape index (κ2) is 5.59. The minimum absolute atomic E-state index is 0.155. The van der Waals surface area contributed by atoms with Crippen LogP contribution in [0.3, 0.4) is 0 Å². The molecule has 0 aliphatic heterocycles. The Hall–Kier alpha value is -1.68. The van der Waals surface area contributed by atoms with Crippen LogP contribution in [0.4, 0.5) is 0 Å². The van der Waals surface area contributed by atoms with Crippen LogP contribution in [-0.2, 0) is 0 Å². The fourth-order valence-corrected chi connectivity index (χ4v) is 1.46. The van der Waals surface area contributed by atoms with Crippen LogP contribution < -0.4 is 11.3 Å². The van der Waals surface area contributed by atoms with Crippen molar-refractivity contribution in [3.8, 4) is 0 Å². The molecule has 4 heteroatoms. The minimum Gasteiger partial charge on any atom is -0.324 e. The molecule has 0 aliphatic rings. The summed E-state index contributed by atoms with van der Waals surface area (Å²) in [6.07, 6.45) is 3.93. The predicted molar refractivity (Wildman–Crippen MR) is 70.7 cm³/mol. The maximum absolute atomic E-state index is 11.4. The van der Waals surface area contributed by atoms with Crippen LogP contribution in [-0.4, -0.2) is 16.0 Å². The first-order chi connectivity index (χ1) is 7.93. The zero-order valence-corrected chi connectivity index (χ0v) is 10.7. The highest BCUT2D eigenvalue weighted by Gasteiger charge is 2.10. The number of nitrogens with two attached hydrogens (primary N) is 1. The summed E-state index contributed by atoms with van der Waals surface area (Å²) in [5.74, 6) is 0.547. The fraction of sp³-hybridized carbons (Fsp3) is 0.385. The molecule has 92 valence electrons. The van der Waals surface area contributed by atoms with E-state index in [-0.39, 0.29) is 11.6 Å². The summed E-state index contributed by atoms with van der Waals surface area (Å²) in [5, 5.41) is 0. The van der Waals surface area contributed by atoms with Gasteiger partial charge in [-0.2, -0.15) is 0 Å². The van der Waals surface area contributed by atoms with Crippen LogP contribution in [0.5, 0.6) is 0 Å². The van der Waals surface area contributed by atoms with E-state index in [4.69, 9.17) is 5.73 Å². The highest BCUT2D eigenvalue weighted by atomic mass is 16.1. The van der Waals surface area contributed by atoms with Crippen molar-refractivity contribution in [2.75, 3.05) is 0 Å². The zero-order valence-electron chi connectivity index (χ0n) is 10.7. The fourth-order valence-electron chi connectivity index (χ4n) is 1.46. The Morgan fingerprint density at radius 1 is 1.59 bits per heavy atom. The van der Waals surface area contributed by atoms with E-state index in [0.717, 1.165) is 11.1 Å². The Kier molecular flexibility index (Phi) is 4.40. The van der Waals surface area contributed by atoms with Gasteiger partial charge in [-0.15, -0.1) is 0 Å². The number of hydrogen-bond acceptors (Lipinski definition) is 3. The number of nitrogens with one attached hydrogen (secondary N) is 1. The summed E-state index contributed by atoms with van der Waals surface area (Å²) in [5.41, 5.74) is 8.37. The third kappa shape index (κ3) is 3.67. The van der Waals surface area contributed by atoms with Gasteiger partial charge in [-0.05, 0) is 27.7 Å². The summed E-state index contributed by atoms with van der Waals surface area (Å²) in [6, 6.07) is 1.28. The number of H-pyrrole nitrogens is 1. The van der Waals surface area contributed by atoms with E-state index >= 15 is 0 Å². The molecule has 0 aromatic carbocycles. The summed E-state index contributed by atoms with van der Waals surface area (Å²) in [6.45, 7) is 7.60. The maximum Gasteiger partial charge on any atom is 0.251 e. The molecule has 17 heavy (non-hydrogen) atoms. The topological polar surface area (TPSA) is 71.8 Å². The molecule has 0 amide bonds. The molecule has 0 aliphatic carbocycles. The van der Waals surface area contributed by atoms with E-state index in [1.54, 1.807) is 6.92 Å². The Morgan fingerprint density at radius 3 is 2.71 bits per heavy atom. The van der Waals surface area contributed by atoms with E-state index in [1.165, 1.54) is 6.07 Å². The molecular formula is C13H19N3O. The van der Waals surface area contributed by atoms with Crippen molar-refractivity contribution < 1.29 is 0 Å². The highest BCUT2D eigenvalue weighted by Crippen LogP contribution is 2.15. The lowest BCUT2D eigenvalue weighted by molar-refractivity contribution is 0.906. The zero-order chi connectivity index (χ0) is 13.0. The molecule has 1 unspecified atom stereocenters. The molecule has 1 aromatic heterocycles. The quantitative estimate of drug-likeness (QED) is 0.782. The molecule has 1 aromatic rings. The van der Waals surface area contributed by atoms with Gasteiger partial charge in [0.25, 0.3) is 5.56 Å². The van der Waals surface area contributed by atoms with Crippen LogP contribution in [0.2, 0.25) is 0 Å². The minimum atomic E-state index is -0.185. The van der Waals surface area contributed by atoms with Crippen molar-refractivity contribution in [2.45, 2.75) is 33.7 Å². The van der Waals surface area contributed by atoms with Crippen molar-refractivity contribution in [1.29, 1.82) is 0 Å². The van der Waals surface area contributed by atoms with E-state index < -0.39 is 0 Å². The van der Waals surface area contributed by atoms with Crippen LogP contribution in [0.25, 0.3) is 5.57 Å². The number of aryl methyl sites for hydroxylation is 1. The summed E-state index contributed by atoms with van der Waals surface area (Å²) in [7, 11) is 0. The lowest BCUT2D eigenvalue weighted by atomic mass is 10.1. The molecule has 1 heterocycles. The second-order valence-corrected chi connectivity index (χ2v) is 4.16. The van der Waals surface area contributed by atoms with E-state index in [9.17, 15) is 4.79 Å². The van der Waals surface area contributed by atoms with Gasteiger partial charge in [0.1, 0.15) is 5.82 Å². The molecule has 0 spiro atoms. The monoisotopic (exact) mass is 233 g/mol. The Bertz CT molecular complexity index is 510. The first kappa shape index (κ1) is 13.4. The van der Waals surface area contributed by atoms with Gasteiger partial charge < -0.3 is 10.7 Å². The molecule has 0 fully saturated rings. The first-order valence-corrected chi connectivity index (χ1v) is 5.62. The van der Waals surface area contributed by atoms with Gasteiger partial charge in [-0.1, -0.05) is 17.7 Å². The van der Waals surface area contributed by atoms with Gasteiger partial charge >= 0.3 is 0 Å². The second-order valence-electron chi connectivity index (χ2n) is 4.16. The Balaban J connectivity index is 3.33. The lowest BCUT2D eigenvalue weighted by Gasteiger charge is -2.11. The number of nitrogens with zero attached hydrogens (tertiary/aromatic N) is 1. The van der Waals surface area contributed by atoms with Gasteiger partial charge in [0.2, 0.25) is 0 Å². The van der Waals surface area contributed by atoms with Crippen LogP contribution in [0.1, 0.15) is 32.3 Å². The molecule has 3 N–H and O–H groups in total. The van der Waals surface area contributed by atoms with Gasteiger partial charge in [0, 0.05) is 23.4 Å². The average molecular weight is 233 g/mol. The summed E-state index contributed by atoms with van der Waals surface area (Å²) >= 11 is 0. The standard InChI is InChI=1S/C13H19N3O/c1-5-8(2)6-11(10(4)14)13-15-9(3)7-12(17)16-13/h5-7,10H,14H2,1-4H3,(H,15,16,17)/b8-5-,11-6-. The van der Waals surface area contributed by atoms with Crippen molar-refractivity contribution in [2.24, 2.45) is 5.73 Å². The van der Waals surface area contributed by atoms with E-state index in [1.807, 2.05) is 32.9 Å². The highest BCUT2D eigenvalue weighted by molar-refractivity contribution is 5.66. The maximum atomic E-state index is 11.4. The molecule has 0 bridgehead atoms. The lowest BCUT2D eigenvalue weighted by Crippen LogP contribution is -2.21.